The molecule has 0 aromatic rings. The summed E-state index contributed by atoms with van der Waals surface area (Å²) in [4.78, 5) is 50.8. The Balaban J connectivity index is 1.92. The van der Waals surface area contributed by atoms with Crippen LogP contribution in [0.15, 0.2) is 0 Å². The van der Waals surface area contributed by atoms with Gasteiger partial charge in [-0.15, -0.1) is 0 Å². The molecule has 2 bridgehead atoms. The molecule has 0 unspecified atom stereocenters. The van der Waals surface area contributed by atoms with Crippen molar-refractivity contribution < 1.29 is 43.6 Å². The smallest absolute Gasteiger partial charge is 0.320 e. The summed E-state index contributed by atoms with van der Waals surface area (Å²) < 4.78 is 17.0. The molecule has 4 aliphatic rings. The van der Waals surface area contributed by atoms with Gasteiger partial charge >= 0.3 is 17.9 Å². The van der Waals surface area contributed by atoms with E-state index in [1.54, 1.807) is 0 Å². The lowest BCUT2D eigenvalue weighted by Gasteiger charge is -2.63. The Morgan fingerprint density at radius 3 is 2.48 bits per heavy atom. The quantitative estimate of drug-likeness (QED) is 0.353. The molecule has 0 aromatic heterocycles. The second-order valence-corrected chi connectivity index (χ2v) is 11.0. The maximum Gasteiger partial charge on any atom is 0.320 e. The minimum absolute atomic E-state index is 0.0159. The first-order valence-corrected chi connectivity index (χ1v) is 11.7. The minimum Gasteiger partial charge on any atom is -0.466 e. The fourth-order valence-corrected chi connectivity index (χ4v) is 7.73. The van der Waals surface area contributed by atoms with E-state index >= 15 is 0 Å². The van der Waals surface area contributed by atoms with E-state index in [4.69, 9.17) is 14.2 Å². The Morgan fingerprint density at radius 1 is 1.18 bits per heavy atom. The molecule has 184 valence electrons. The monoisotopic (exact) mass is 466 g/mol. The lowest BCUT2D eigenvalue weighted by atomic mass is 9.43. The average Bonchev–Trinajstić information content (AvgIpc) is 2.93. The highest BCUT2D eigenvalue weighted by Gasteiger charge is 2.77. The van der Waals surface area contributed by atoms with Gasteiger partial charge in [-0.2, -0.15) is 0 Å². The number of cyclic esters (lactones) is 1. The number of fused-ring (bicyclic) bond motifs is 2. The molecule has 0 aromatic carbocycles. The van der Waals surface area contributed by atoms with Gasteiger partial charge in [0, 0.05) is 31.6 Å². The van der Waals surface area contributed by atoms with Crippen molar-refractivity contribution in [3.63, 3.8) is 0 Å². The first kappa shape index (κ1) is 24.1. The van der Waals surface area contributed by atoms with Gasteiger partial charge in [-0.1, -0.05) is 13.8 Å². The van der Waals surface area contributed by atoms with Crippen LogP contribution in [0.5, 0.6) is 0 Å². The number of carbonyl (C=O) groups is 4. The largest absolute Gasteiger partial charge is 0.466 e. The zero-order valence-electron chi connectivity index (χ0n) is 19.7. The molecule has 9 nitrogen and oxygen atoms in total. The standard InChI is InChI=1S/C24H34O9/c1-12(26)31-10-17-22(3,4)6-5-18(33-13(2)27)24(17)11-32-21(30)23-8-14(7-16(28)19(23)24)15(9-25)20(23)29/h14-19,25,28H,5-11H2,1-4H3/t14-,15-,16+,17-,18+,19-,23+,24+/m1/s1. The van der Waals surface area contributed by atoms with Crippen LogP contribution >= 0.6 is 0 Å². The highest BCUT2D eigenvalue weighted by molar-refractivity contribution is 6.08. The van der Waals surface area contributed by atoms with Crippen LogP contribution in [0.4, 0.5) is 0 Å². The van der Waals surface area contributed by atoms with E-state index < -0.39 is 76.5 Å². The molecule has 8 atom stereocenters. The van der Waals surface area contributed by atoms with Crippen LogP contribution in [-0.2, 0) is 33.4 Å². The van der Waals surface area contributed by atoms with Gasteiger partial charge in [0.15, 0.2) is 5.78 Å². The molecular weight excluding hydrogens is 432 g/mol. The second-order valence-electron chi connectivity index (χ2n) is 11.0. The van der Waals surface area contributed by atoms with E-state index in [1.165, 1.54) is 13.8 Å². The number of ether oxygens (including phenoxy) is 3. The Labute approximate surface area is 193 Å². The Bertz CT molecular complexity index is 866. The molecule has 1 heterocycles. The molecular formula is C24H34O9. The van der Waals surface area contributed by atoms with E-state index in [1.807, 2.05) is 13.8 Å². The van der Waals surface area contributed by atoms with Crippen LogP contribution in [0.1, 0.15) is 53.4 Å². The molecule has 2 N–H and O–H groups in total. The predicted octanol–water partition coefficient (Wildman–Crippen LogP) is 1.03. The van der Waals surface area contributed by atoms with Crippen molar-refractivity contribution in [3.05, 3.63) is 0 Å². The number of aliphatic hydroxyl groups is 2. The van der Waals surface area contributed by atoms with Crippen LogP contribution in [0, 0.1) is 39.9 Å². The van der Waals surface area contributed by atoms with Gasteiger partial charge in [-0.25, -0.2) is 0 Å². The maximum absolute atomic E-state index is 13.7. The fraction of sp³-hybridized carbons (Fsp3) is 0.833. The highest BCUT2D eigenvalue weighted by Crippen LogP contribution is 2.68. The third-order valence-electron chi connectivity index (χ3n) is 8.99. The SMILES string of the molecule is CC(=O)OC[C@@H]1C(C)(C)CC[C@H](OC(C)=O)[C@]12COC(=O)[C@@]13C[C@@H](C[C@H](O)[C@H]12)[C@@H](CO)C3=O. The third-order valence-corrected chi connectivity index (χ3v) is 8.99. The summed E-state index contributed by atoms with van der Waals surface area (Å²) in [6.45, 7) is 6.07. The number of hydrogen-bond acceptors (Lipinski definition) is 9. The molecule has 4 rings (SSSR count). The molecule has 0 amide bonds. The number of ketones is 1. The van der Waals surface area contributed by atoms with Crippen molar-refractivity contribution in [2.75, 3.05) is 19.8 Å². The molecule has 2 spiro atoms. The zero-order valence-corrected chi connectivity index (χ0v) is 19.7. The van der Waals surface area contributed by atoms with Crippen LogP contribution in [0.25, 0.3) is 0 Å². The van der Waals surface area contributed by atoms with Crippen LogP contribution in [0.2, 0.25) is 0 Å². The zero-order chi connectivity index (χ0) is 24.3. The summed E-state index contributed by atoms with van der Waals surface area (Å²) in [5, 5.41) is 21.4. The Kier molecular flexibility index (Phi) is 5.88. The maximum atomic E-state index is 13.7. The number of aliphatic hydroxyl groups excluding tert-OH is 2. The third kappa shape index (κ3) is 3.33. The molecule has 0 radical (unpaired) electrons. The van der Waals surface area contributed by atoms with Crippen LogP contribution in [-0.4, -0.2) is 65.9 Å². The number of hydrogen-bond donors (Lipinski definition) is 2. The Hall–Kier alpha value is -2.00. The highest BCUT2D eigenvalue weighted by atomic mass is 16.6. The lowest BCUT2D eigenvalue weighted by Crippen LogP contribution is -2.71. The molecule has 33 heavy (non-hydrogen) atoms. The van der Waals surface area contributed by atoms with Crippen LogP contribution in [0.3, 0.4) is 0 Å². The first-order chi connectivity index (χ1) is 15.4. The number of carbonyl (C=O) groups excluding carboxylic acids is 4. The van der Waals surface area contributed by atoms with Crippen molar-refractivity contribution in [2.24, 2.45) is 39.9 Å². The fourth-order valence-electron chi connectivity index (χ4n) is 7.73. The summed E-state index contributed by atoms with van der Waals surface area (Å²) >= 11 is 0. The molecule has 1 saturated heterocycles. The van der Waals surface area contributed by atoms with Gasteiger partial charge in [-0.05, 0) is 37.0 Å². The Morgan fingerprint density at radius 2 is 1.88 bits per heavy atom. The molecule has 3 saturated carbocycles. The average molecular weight is 467 g/mol. The van der Waals surface area contributed by atoms with Gasteiger partial charge in [0.1, 0.15) is 18.1 Å². The van der Waals surface area contributed by atoms with Crippen molar-refractivity contribution in [1.82, 2.24) is 0 Å². The van der Waals surface area contributed by atoms with E-state index in [9.17, 15) is 29.4 Å². The predicted molar refractivity (Wildman–Crippen MR) is 112 cm³/mol. The van der Waals surface area contributed by atoms with Gasteiger partial charge in [-0.3, -0.25) is 19.2 Å². The second kappa shape index (κ2) is 8.05. The number of rotatable bonds is 4. The number of Topliss-reactive ketones (excluding diaryl/α,β-unsaturated/α-hetero) is 1. The van der Waals surface area contributed by atoms with Crippen molar-refractivity contribution >= 4 is 23.7 Å². The van der Waals surface area contributed by atoms with Crippen LogP contribution < -0.4 is 0 Å². The van der Waals surface area contributed by atoms with Crippen molar-refractivity contribution in [1.29, 1.82) is 0 Å². The van der Waals surface area contributed by atoms with Gasteiger partial charge < -0.3 is 24.4 Å². The van der Waals surface area contributed by atoms with Crippen molar-refractivity contribution in [3.8, 4) is 0 Å². The van der Waals surface area contributed by atoms with E-state index in [0.29, 0.717) is 12.8 Å². The number of esters is 3. The summed E-state index contributed by atoms with van der Waals surface area (Å²) in [5.74, 6) is -4.47. The van der Waals surface area contributed by atoms with Crippen molar-refractivity contribution in [2.45, 2.75) is 65.6 Å². The van der Waals surface area contributed by atoms with E-state index in [2.05, 4.69) is 0 Å². The molecule has 1 aliphatic heterocycles. The van der Waals surface area contributed by atoms with E-state index in [0.717, 1.165) is 0 Å². The van der Waals surface area contributed by atoms with Gasteiger partial charge in [0.05, 0.1) is 24.7 Å². The molecule has 4 fully saturated rings. The molecule has 3 aliphatic carbocycles. The van der Waals surface area contributed by atoms with Gasteiger partial charge in [0.25, 0.3) is 0 Å². The summed E-state index contributed by atoms with van der Waals surface area (Å²) in [6.07, 6.45) is -0.215. The van der Waals surface area contributed by atoms with E-state index in [-0.39, 0.29) is 32.0 Å². The topological polar surface area (TPSA) is 136 Å². The summed E-state index contributed by atoms with van der Waals surface area (Å²) in [6, 6.07) is 0. The summed E-state index contributed by atoms with van der Waals surface area (Å²) in [7, 11) is 0. The lowest BCUT2D eigenvalue weighted by molar-refractivity contribution is -0.264. The first-order valence-electron chi connectivity index (χ1n) is 11.7. The minimum atomic E-state index is -1.62. The summed E-state index contributed by atoms with van der Waals surface area (Å²) in [5.41, 5.74) is -3.17. The normalized spacial score (nSPS) is 43.6. The molecule has 9 heteroatoms. The van der Waals surface area contributed by atoms with Gasteiger partial charge in [0.2, 0.25) is 0 Å².